The van der Waals surface area contributed by atoms with E-state index in [-0.39, 0.29) is 41.6 Å². The predicted molar refractivity (Wildman–Crippen MR) is 131 cm³/mol. The monoisotopic (exact) mass is 553 g/mol. The molecule has 7 nitrogen and oxygen atoms in total. The molecule has 1 aromatic carbocycles. The van der Waals surface area contributed by atoms with Crippen LogP contribution in [-0.2, 0) is 10.0 Å². The molecule has 0 atom stereocenters. The molecule has 0 spiro atoms. The van der Waals surface area contributed by atoms with Gasteiger partial charge in [-0.1, -0.05) is 12.5 Å². The first-order chi connectivity index (χ1) is 13.9. The molecule has 1 aromatic rings. The number of aliphatic imine (C=N–C) groups is 1. The van der Waals surface area contributed by atoms with E-state index < -0.39 is 10.0 Å². The molecular formula is C20H33FIN5O2S. The topological polar surface area (TPSA) is 85.8 Å². The number of hydrogen-bond acceptors (Lipinski definition) is 4. The summed E-state index contributed by atoms with van der Waals surface area (Å²) in [6, 6.07) is 6.93. The van der Waals surface area contributed by atoms with Gasteiger partial charge in [-0.3, -0.25) is 4.99 Å². The SMILES string of the molecule is CN=C(NCCS(=O)(=O)NCC1CCC1)NC1CCN(c2cccc(F)c2)CC1.I. The minimum Gasteiger partial charge on any atom is -0.371 e. The van der Waals surface area contributed by atoms with E-state index in [4.69, 9.17) is 0 Å². The third-order valence-electron chi connectivity index (χ3n) is 5.71. The average molecular weight is 553 g/mol. The van der Waals surface area contributed by atoms with Crippen LogP contribution in [0.15, 0.2) is 29.3 Å². The zero-order chi connectivity index (χ0) is 20.7. The van der Waals surface area contributed by atoms with E-state index in [0.29, 0.717) is 25.0 Å². The Hall–Kier alpha value is -1.14. The molecule has 1 aliphatic carbocycles. The first-order valence-electron chi connectivity index (χ1n) is 10.4. The van der Waals surface area contributed by atoms with Gasteiger partial charge in [0.2, 0.25) is 10.0 Å². The van der Waals surface area contributed by atoms with Crippen molar-refractivity contribution in [1.29, 1.82) is 0 Å². The third kappa shape index (κ3) is 7.84. The van der Waals surface area contributed by atoms with Crippen LogP contribution < -0.4 is 20.3 Å². The molecule has 3 rings (SSSR count). The van der Waals surface area contributed by atoms with Gasteiger partial charge in [0, 0.05) is 45.0 Å². The molecule has 1 heterocycles. The smallest absolute Gasteiger partial charge is 0.213 e. The molecule has 30 heavy (non-hydrogen) atoms. The molecule has 1 saturated carbocycles. The molecule has 0 bridgehead atoms. The average Bonchev–Trinajstić information content (AvgIpc) is 2.66. The highest BCUT2D eigenvalue weighted by atomic mass is 127. The Balaban J connectivity index is 0.00000320. The number of sulfonamides is 1. The molecule has 10 heteroatoms. The third-order valence-corrected chi connectivity index (χ3v) is 7.06. The van der Waals surface area contributed by atoms with Gasteiger partial charge in [-0.15, -0.1) is 24.0 Å². The van der Waals surface area contributed by atoms with Crippen LogP contribution in [0.4, 0.5) is 10.1 Å². The summed E-state index contributed by atoms with van der Waals surface area (Å²) in [7, 11) is -1.58. The van der Waals surface area contributed by atoms with E-state index in [1.807, 2.05) is 6.07 Å². The van der Waals surface area contributed by atoms with Gasteiger partial charge >= 0.3 is 0 Å². The quantitative estimate of drug-likeness (QED) is 0.262. The summed E-state index contributed by atoms with van der Waals surface area (Å²) in [4.78, 5) is 6.38. The van der Waals surface area contributed by atoms with Gasteiger partial charge in [0.1, 0.15) is 5.82 Å². The van der Waals surface area contributed by atoms with Gasteiger partial charge in [0.25, 0.3) is 0 Å². The highest BCUT2D eigenvalue weighted by Crippen LogP contribution is 2.25. The fourth-order valence-corrected chi connectivity index (χ4v) is 4.67. The molecule has 0 amide bonds. The number of guanidine groups is 1. The normalized spacial score (nSPS) is 18.5. The molecule has 1 aliphatic heterocycles. The van der Waals surface area contributed by atoms with Crippen LogP contribution >= 0.6 is 24.0 Å². The lowest BCUT2D eigenvalue weighted by atomic mass is 9.86. The summed E-state index contributed by atoms with van der Waals surface area (Å²) in [5.41, 5.74) is 0.908. The van der Waals surface area contributed by atoms with Gasteiger partial charge in [0.15, 0.2) is 5.96 Å². The number of benzene rings is 1. The van der Waals surface area contributed by atoms with Gasteiger partial charge < -0.3 is 15.5 Å². The largest absolute Gasteiger partial charge is 0.371 e. The van der Waals surface area contributed by atoms with Crippen LogP contribution in [0.3, 0.4) is 0 Å². The Labute approximate surface area is 196 Å². The minimum atomic E-state index is -3.26. The Morgan fingerprint density at radius 3 is 2.57 bits per heavy atom. The van der Waals surface area contributed by atoms with Gasteiger partial charge in [-0.2, -0.15) is 0 Å². The number of rotatable bonds is 8. The van der Waals surface area contributed by atoms with Gasteiger partial charge in [-0.25, -0.2) is 17.5 Å². The lowest BCUT2D eigenvalue weighted by Gasteiger charge is -2.34. The second-order valence-electron chi connectivity index (χ2n) is 7.85. The first kappa shape index (κ1) is 25.1. The van der Waals surface area contributed by atoms with Crippen molar-refractivity contribution < 1.29 is 12.8 Å². The van der Waals surface area contributed by atoms with Crippen molar-refractivity contribution >= 4 is 45.6 Å². The maximum Gasteiger partial charge on any atom is 0.213 e. The number of halogens is 2. The number of nitrogens with one attached hydrogen (secondary N) is 3. The summed E-state index contributed by atoms with van der Waals surface area (Å²) in [5, 5.41) is 6.46. The van der Waals surface area contributed by atoms with E-state index in [1.165, 1.54) is 12.5 Å². The van der Waals surface area contributed by atoms with E-state index in [9.17, 15) is 12.8 Å². The number of piperidine rings is 1. The maximum atomic E-state index is 13.4. The van der Waals surface area contributed by atoms with Crippen LogP contribution in [-0.4, -0.2) is 59.4 Å². The van der Waals surface area contributed by atoms with Gasteiger partial charge in [-0.05, 0) is 49.8 Å². The van der Waals surface area contributed by atoms with E-state index in [0.717, 1.165) is 44.5 Å². The first-order valence-corrected chi connectivity index (χ1v) is 12.1. The van der Waals surface area contributed by atoms with E-state index >= 15 is 0 Å². The number of anilines is 1. The van der Waals surface area contributed by atoms with Crippen molar-refractivity contribution in [3.63, 3.8) is 0 Å². The van der Waals surface area contributed by atoms with Crippen LogP contribution in [0, 0.1) is 11.7 Å². The van der Waals surface area contributed by atoms with Crippen molar-refractivity contribution in [2.24, 2.45) is 10.9 Å². The van der Waals surface area contributed by atoms with Crippen molar-refractivity contribution in [3.8, 4) is 0 Å². The molecular weight excluding hydrogens is 520 g/mol. The number of hydrogen-bond donors (Lipinski definition) is 3. The van der Waals surface area contributed by atoms with Gasteiger partial charge in [0.05, 0.1) is 5.75 Å². The highest BCUT2D eigenvalue weighted by molar-refractivity contribution is 14.0. The van der Waals surface area contributed by atoms with Crippen LogP contribution in [0.5, 0.6) is 0 Å². The molecule has 0 aromatic heterocycles. The molecule has 2 fully saturated rings. The van der Waals surface area contributed by atoms with Crippen LogP contribution in [0.25, 0.3) is 0 Å². The van der Waals surface area contributed by atoms with Crippen LogP contribution in [0.1, 0.15) is 32.1 Å². The Kier molecular flexibility index (Phi) is 10.1. The zero-order valence-electron chi connectivity index (χ0n) is 17.4. The molecule has 170 valence electrons. The number of nitrogens with zero attached hydrogens (tertiary/aromatic N) is 2. The molecule has 2 aliphatic rings. The zero-order valence-corrected chi connectivity index (χ0v) is 20.6. The summed E-state index contributed by atoms with van der Waals surface area (Å²) >= 11 is 0. The van der Waals surface area contributed by atoms with E-state index in [2.05, 4.69) is 25.2 Å². The second kappa shape index (κ2) is 12.0. The summed E-state index contributed by atoms with van der Waals surface area (Å²) in [5.74, 6) is 0.927. The molecule has 1 saturated heterocycles. The van der Waals surface area contributed by atoms with Crippen molar-refractivity contribution in [2.45, 2.75) is 38.1 Å². The molecule has 0 radical (unpaired) electrons. The molecule has 3 N–H and O–H groups in total. The standard InChI is InChI=1S/C20H32FN5O2S.HI/c1-22-20(23-10-13-29(27,28)24-15-16-4-2-5-16)25-18-8-11-26(12-9-18)19-7-3-6-17(21)14-19;/h3,6-7,14,16,18,24H,2,4-5,8-13,15H2,1H3,(H2,22,23,25);1H. The summed E-state index contributed by atoms with van der Waals surface area (Å²) in [6.07, 6.45) is 5.25. The Morgan fingerprint density at radius 2 is 1.97 bits per heavy atom. The van der Waals surface area contributed by atoms with E-state index in [1.54, 1.807) is 19.2 Å². The maximum absolute atomic E-state index is 13.4. The lowest BCUT2D eigenvalue weighted by Crippen LogP contribution is -2.49. The van der Waals surface area contributed by atoms with Crippen molar-refractivity contribution in [3.05, 3.63) is 30.1 Å². The fraction of sp³-hybridized carbons (Fsp3) is 0.650. The predicted octanol–water partition coefficient (Wildman–Crippen LogP) is 2.30. The summed E-state index contributed by atoms with van der Waals surface area (Å²) < 4.78 is 40.3. The second-order valence-corrected chi connectivity index (χ2v) is 9.78. The van der Waals surface area contributed by atoms with Crippen LogP contribution in [0.2, 0.25) is 0 Å². The fourth-order valence-electron chi connectivity index (χ4n) is 3.66. The van der Waals surface area contributed by atoms with Crippen molar-refractivity contribution in [1.82, 2.24) is 15.4 Å². The van der Waals surface area contributed by atoms with Crippen molar-refractivity contribution in [2.75, 3.05) is 43.9 Å². The Morgan fingerprint density at radius 1 is 1.23 bits per heavy atom. The summed E-state index contributed by atoms with van der Waals surface area (Å²) in [6.45, 7) is 2.52. The molecule has 0 unspecified atom stereocenters. The minimum absolute atomic E-state index is 0. The highest BCUT2D eigenvalue weighted by Gasteiger charge is 2.22. The Bertz CT molecular complexity index is 796. The lowest BCUT2D eigenvalue weighted by molar-refractivity contribution is 0.316.